The largest absolute Gasteiger partial charge is 0.394 e. The van der Waals surface area contributed by atoms with Crippen LogP contribution in [-0.4, -0.2) is 27.7 Å². The van der Waals surface area contributed by atoms with E-state index in [-0.39, 0.29) is 12.6 Å². The molecule has 2 N–H and O–H groups in total. The van der Waals surface area contributed by atoms with E-state index >= 15 is 0 Å². The second-order valence-electron chi connectivity index (χ2n) is 3.07. The van der Waals surface area contributed by atoms with Crippen molar-refractivity contribution >= 4 is 17.4 Å². The van der Waals surface area contributed by atoms with Crippen LogP contribution in [0.5, 0.6) is 0 Å². The van der Waals surface area contributed by atoms with Crippen molar-refractivity contribution in [2.45, 2.75) is 26.3 Å². The fraction of sp³-hybridized carbons (Fsp3) is 0.556. The summed E-state index contributed by atoms with van der Waals surface area (Å²) in [5.74, 6) is 1.36. The summed E-state index contributed by atoms with van der Waals surface area (Å²) in [6.07, 6.45) is 0.739. The molecule has 0 aliphatic heterocycles. The predicted molar refractivity (Wildman–Crippen MR) is 56.6 cm³/mol. The van der Waals surface area contributed by atoms with Gasteiger partial charge < -0.3 is 10.4 Å². The highest BCUT2D eigenvalue weighted by Gasteiger charge is 2.04. The zero-order valence-electron chi connectivity index (χ0n) is 8.29. The van der Waals surface area contributed by atoms with Gasteiger partial charge in [-0.15, -0.1) is 0 Å². The molecule has 0 aliphatic rings. The van der Waals surface area contributed by atoms with Crippen molar-refractivity contribution in [3.63, 3.8) is 0 Å². The van der Waals surface area contributed by atoms with Gasteiger partial charge >= 0.3 is 0 Å². The molecule has 1 aromatic heterocycles. The first kappa shape index (κ1) is 11.2. The van der Waals surface area contributed by atoms with Crippen molar-refractivity contribution in [2.24, 2.45) is 0 Å². The summed E-state index contributed by atoms with van der Waals surface area (Å²) in [7, 11) is 0. The molecule has 0 aliphatic carbocycles. The lowest BCUT2D eigenvalue weighted by molar-refractivity contribution is 0.281. The van der Waals surface area contributed by atoms with Gasteiger partial charge in [-0.25, -0.2) is 9.97 Å². The van der Waals surface area contributed by atoms with E-state index in [1.807, 2.05) is 13.8 Å². The van der Waals surface area contributed by atoms with Crippen molar-refractivity contribution in [1.29, 1.82) is 0 Å². The average molecular weight is 216 g/mol. The van der Waals surface area contributed by atoms with Gasteiger partial charge in [-0.2, -0.15) is 0 Å². The van der Waals surface area contributed by atoms with E-state index in [0.717, 1.165) is 6.42 Å². The standard InChI is InChI=1S/C9H14ClN3O/c1-3-8-12-7(10)4-9(13-8)11-6(2)5-14/h4,6,14H,3,5H2,1-2H3,(H,11,12,13). The fourth-order valence-corrected chi connectivity index (χ4v) is 1.20. The van der Waals surface area contributed by atoms with Gasteiger partial charge in [0.15, 0.2) is 0 Å². The van der Waals surface area contributed by atoms with E-state index in [1.165, 1.54) is 0 Å². The maximum atomic E-state index is 8.85. The number of anilines is 1. The molecule has 14 heavy (non-hydrogen) atoms. The molecule has 78 valence electrons. The summed E-state index contributed by atoms with van der Waals surface area (Å²) in [5.41, 5.74) is 0. The maximum Gasteiger partial charge on any atom is 0.134 e. The Bertz CT molecular complexity index is 306. The SMILES string of the molecule is CCc1nc(Cl)cc(NC(C)CO)n1. The highest BCUT2D eigenvalue weighted by Crippen LogP contribution is 2.12. The Morgan fingerprint density at radius 1 is 1.57 bits per heavy atom. The molecule has 0 aromatic carbocycles. The molecule has 0 amide bonds. The summed E-state index contributed by atoms with van der Waals surface area (Å²) >= 11 is 5.80. The van der Waals surface area contributed by atoms with Crippen LogP contribution in [0.4, 0.5) is 5.82 Å². The van der Waals surface area contributed by atoms with Gasteiger partial charge in [-0.05, 0) is 6.92 Å². The molecule has 0 saturated heterocycles. The molecule has 4 nitrogen and oxygen atoms in total. The Hall–Kier alpha value is -0.870. The zero-order valence-corrected chi connectivity index (χ0v) is 9.04. The van der Waals surface area contributed by atoms with Gasteiger partial charge in [0.2, 0.25) is 0 Å². The molecular weight excluding hydrogens is 202 g/mol. The summed E-state index contributed by atoms with van der Waals surface area (Å²) in [6.45, 7) is 3.88. The second-order valence-corrected chi connectivity index (χ2v) is 3.46. The van der Waals surface area contributed by atoms with E-state index in [2.05, 4.69) is 15.3 Å². The average Bonchev–Trinajstić information content (AvgIpc) is 2.16. The molecule has 1 atom stereocenters. The highest BCUT2D eigenvalue weighted by atomic mass is 35.5. The third kappa shape index (κ3) is 3.12. The number of aryl methyl sites for hydroxylation is 1. The van der Waals surface area contributed by atoms with E-state index < -0.39 is 0 Å². The molecular formula is C9H14ClN3O. The molecule has 1 heterocycles. The number of nitrogens with one attached hydrogen (secondary N) is 1. The Kier molecular flexibility index (Phi) is 4.10. The first-order valence-electron chi connectivity index (χ1n) is 4.56. The van der Waals surface area contributed by atoms with Crippen LogP contribution >= 0.6 is 11.6 Å². The number of aromatic nitrogens is 2. The molecule has 0 saturated carbocycles. The summed E-state index contributed by atoms with van der Waals surface area (Å²) < 4.78 is 0. The van der Waals surface area contributed by atoms with Gasteiger partial charge in [-0.3, -0.25) is 0 Å². The molecule has 0 bridgehead atoms. The lowest BCUT2D eigenvalue weighted by Gasteiger charge is -2.11. The van der Waals surface area contributed by atoms with Crippen molar-refractivity contribution in [3.8, 4) is 0 Å². The first-order chi connectivity index (χ1) is 6.65. The first-order valence-corrected chi connectivity index (χ1v) is 4.94. The minimum absolute atomic E-state index is 0.0364. The molecule has 0 fully saturated rings. The smallest absolute Gasteiger partial charge is 0.134 e. The number of rotatable bonds is 4. The minimum Gasteiger partial charge on any atom is -0.394 e. The van der Waals surface area contributed by atoms with Crippen molar-refractivity contribution in [2.75, 3.05) is 11.9 Å². The van der Waals surface area contributed by atoms with E-state index in [1.54, 1.807) is 6.07 Å². The third-order valence-corrected chi connectivity index (χ3v) is 1.92. The van der Waals surface area contributed by atoms with Gasteiger partial charge in [0.1, 0.15) is 16.8 Å². The Labute approximate surface area is 88.3 Å². The maximum absolute atomic E-state index is 8.85. The quantitative estimate of drug-likeness (QED) is 0.748. The topological polar surface area (TPSA) is 58.0 Å². The van der Waals surface area contributed by atoms with Gasteiger partial charge in [0.25, 0.3) is 0 Å². The van der Waals surface area contributed by atoms with E-state index in [9.17, 15) is 0 Å². The molecule has 5 heteroatoms. The summed E-state index contributed by atoms with van der Waals surface area (Å²) in [4.78, 5) is 8.26. The van der Waals surface area contributed by atoms with Crippen LogP contribution in [0.3, 0.4) is 0 Å². The molecule has 1 aromatic rings. The highest BCUT2D eigenvalue weighted by molar-refractivity contribution is 6.29. The van der Waals surface area contributed by atoms with Gasteiger partial charge in [0, 0.05) is 18.5 Å². The number of aliphatic hydroxyl groups excluding tert-OH is 1. The van der Waals surface area contributed by atoms with E-state index in [0.29, 0.717) is 16.8 Å². The van der Waals surface area contributed by atoms with Crippen LogP contribution in [0.1, 0.15) is 19.7 Å². The van der Waals surface area contributed by atoms with Crippen LogP contribution in [-0.2, 0) is 6.42 Å². The molecule has 0 spiro atoms. The number of hydrogen-bond acceptors (Lipinski definition) is 4. The normalized spacial score (nSPS) is 12.6. The second kappa shape index (κ2) is 5.12. The van der Waals surface area contributed by atoms with Crippen LogP contribution in [0.2, 0.25) is 5.15 Å². The van der Waals surface area contributed by atoms with Crippen LogP contribution in [0.15, 0.2) is 6.07 Å². The Balaban J connectivity index is 2.81. The lowest BCUT2D eigenvalue weighted by atomic mass is 10.3. The summed E-state index contributed by atoms with van der Waals surface area (Å²) in [6, 6.07) is 1.61. The zero-order chi connectivity index (χ0) is 10.6. The van der Waals surface area contributed by atoms with Crippen LogP contribution < -0.4 is 5.32 Å². The number of aliphatic hydroxyl groups is 1. The van der Waals surface area contributed by atoms with Crippen molar-refractivity contribution in [3.05, 3.63) is 17.0 Å². The third-order valence-electron chi connectivity index (χ3n) is 1.73. The molecule has 0 radical (unpaired) electrons. The monoisotopic (exact) mass is 215 g/mol. The number of hydrogen-bond donors (Lipinski definition) is 2. The number of halogens is 1. The van der Waals surface area contributed by atoms with Crippen molar-refractivity contribution in [1.82, 2.24) is 9.97 Å². The molecule has 1 unspecified atom stereocenters. The van der Waals surface area contributed by atoms with Crippen LogP contribution in [0, 0.1) is 0 Å². The van der Waals surface area contributed by atoms with E-state index in [4.69, 9.17) is 16.7 Å². The minimum atomic E-state index is -0.0364. The van der Waals surface area contributed by atoms with Crippen molar-refractivity contribution < 1.29 is 5.11 Å². The Morgan fingerprint density at radius 2 is 2.29 bits per heavy atom. The summed E-state index contributed by atoms with van der Waals surface area (Å²) in [5, 5.41) is 12.3. The van der Waals surface area contributed by atoms with Gasteiger partial charge in [0.05, 0.1) is 6.61 Å². The van der Waals surface area contributed by atoms with Gasteiger partial charge in [-0.1, -0.05) is 18.5 Å². The molecule has 1 rings (SSSR count). The Morgan fingerprint density at radius 3 is 2.86 bits per heavy atom. The number of nitrogens with zero attached hydrogens (tertiary/aromatic N) is 2. The predicted octanol–water partition coefficient (Wildman–Crippen LogP) is 1.49. The lowest BCUT2D eigenvalue weighted by Crippen LogP contribution is -2.20. The van der Waals surface area contributed by atoms with Crippen LogP contribution in [0.25, 0.3) is 0 Å². The fourth-order valence-electron chi connectivity index (χ4n) is 0.995.